The number of benzene rings is 10. The van der Waals surface area contributed by atoms with Gasteiger partial charge >= 0.3 is 68.3 Å². The van der Waals surface area contributed by atoms with Gasteiger partial charge in [-0.3, -0.25) is 19.6 Å². The molecule has 0 aliphatic carbocycles. The summed E-state index contributed by atoms with van der Waals surface area (Å²) in [5.74, 6) is 10.9. The molecule has 0 fully saturated rings. The molecule has 817 valence electrons. The molecule has 10 rings (SSSR count). The molecular weight excluding hydrogens is 2370 g/mol. The SMILES string of the molecule is CC(C)C[PH+](CC(C)C)CC(C)C.CC(C)C[PH+](CC(C)C)CC(C)C.CC(C)C[PH+](CC(C)C)CC(C)C.CC(C)C[PH+](CC(C)C)CC(C)C.CC=[N-].[CH2-]C#N.[CH2-]c1ccccc1[S-].[CH2-]c1ccccc1[S-].[CH2-]c1ccccc1[S-].[CH2-]c1ccccc1[S-].[Cu+2].[Cu+].[Cu+].[Cu+].[Cu].[Cu].[Cu].[Cu].[S-]c1ccccc1[PH+](c1ccccc1)c1ccccc1.[S-]c1ccccc1[PH+](c1ccccc1)c1ccccc1.[SH-].[SH-]. The van der Waals surface area contributed by atoms with Crippen molar-refractivity contribution >= 4 is 188 Å². The van der Waals surface area contributed by atoms with Gasteiger partial charge in [-0.2, -0.15) is 24.3 Å². The fourth-order valence-corrected chi connectivity index (χ4v) is 37.2. The quantitative estimate of drug-likeness (QED) is 0.0109. The number of hydrogen-bond donors (Lipinski definition) is 0. The van der Waals surface area contributed by atoms with E-state index in [1.165, 1.54) is 112 Å². The Balaban J connectivity index is -0.000000130. The van der Waals surface area contributed by atoms with Crippen LogP contribution >= 0.6 is 47.5 Å². The molecule has 0 aromatic heterocycles. The summed E-state index contributed by atoms with van der Waals surface area (Å²) in [7, 11) is -2.20. The molecular formula is C116H174Cu8N2P6S8-3. The molecule has 0 saturated carbocycles. The Bertz CT molecular complexity index is 3780. The number of rotatable bonds is 30. The number of hydrogen-bond acceptors (Lipinski definition) is 9. The summed E-state index contributed by atoms with van der Waals surface area (Å²) in [6, 6.07) is 91.4. The van der Waals surface area contributed by atoms with Crippen molar-refractivity contribution < 1.29 is 137 Å². The van der Waals surface area contributed by atoms with E-state index in [1.54, 1.807) is 6.92 Å². The molecule has 5 radical (unpaired) electrons. The number of nitrogens with zero attached hydrogens (tertiary/aromatic N) is 2. The topological polar surface area (TPSA) is 46.1 Å². The predicted molar refractivity (Wildman–Crippen MR) is 644 cm³/mol. The largest absolute Gasteiger partial charge is 2.00 e. The summed E-state index contributed by atoms with van der Waals surface area (Å²) in [5.41, 5.74) is 3.73. The van der Waals surface area contributed by atoms with Crippen LogP contribution in [0.15, 0.2) is 296 Å². The van der Waals surface area contributed by atoms with Crippen molar-refractivity contribution in [3.05, 3.63) is 329 Å². The Labute approximate surface area is 1000 Å². The summed E-state index contributed by atoms with van der Waals surface area (Å²) in [6.07, 6.45) is 19.2. The van der Waals surface area contributed by atoms with Crippen molar-refractivity contribution in [2.24, 2.45) is 71.0 Å². The van der Waals surface area contributed by atoms with Crippen LogP contribution in [0.4, 0.5) is 0 Å². The monoisotopic (exact) mass is 2540 g/mol. The first-order valence-corrected chi connectivity index (χ1v) is 61.1. The van der Waals surface area contributed by atoms with Gasteiger partial charge in [0.05, 0.1) is 100 Å². The van der Waals surface area contributed by atoms with E-state index in [-0.39, 0.29) is 195 Å². The normalized spacial score (nSPS) is 9.87. The van der Waals surface area contributed by atoms with Crippen LogP contribution in [0.1, 0.15) is 195 Å². The summed E-state index contributed by atoms with van der Waals surface area (Å²) in [5, 5.41) is 22.7. The van der Waals surface area contributed by atoms with E-state index in [4.69, 9.17) is 86.4 Å². The third kappa shape index (κ3) is 89.1. The van der Waals surface area contributed by atoms with Gasteiger partial charge in [-0.25, -0.2) is 61.4 Å². The maximum atomic E-state index is 7.44. The van der Waals surface area contributed by atoms with Crippen molar-refractivity contribution in [2.75, 3.05) is 73.9 Å². The fourth-order valence-electron chi connectivity index (χ4n) is 14.7. The standard InChI is InChI=1S/2C18H15PS.4C12H27P.4C7H7S.C2H4N.C2H2N.8Cu.2H2S/c2*20-18-14-8-7-13-17(18)19(15-9-3-1-4-10-15)16-11-5-2-6-12-16;4*1-10(2)7-13(8-11(3)4)9-12(5)6;4*1-6-4-2-3-5-7(6)8;2*1-2-3;;;;;;;;;;/h2*1-14,20H;4*10-12H,7-9H2,1-6H3;4*2-5,8H,1H2;2H,1H3;1H2;;;;;;;;;2*1H2/q;;;;;;6*-1;;;;;3*+1;+2;;/p-2. The van der Waals surface area contributed by atoms with Crippen molar-refractivity contribution in [1.29, 1.82) is 5.26 Å². The molecule has 0 atom stereocenters. The maximum Gasteiger partial charge on any atom is 2.00 e. The molecule has 0 amide bonds. The van der Waals surface area contributed by atoms with Gasteiger partial charge in [-0.05, 0) is 132 Å². The van der Waals surface area contributed by atoms with Crippen molar-refractivity contribution in [1.82, 2.24) is 0 Å². The van der Waals surface area contributed by atoms with E-state index in [1.807, 2.05) is 121 Å². The molecule has 0 unspecified atom stereocenters. The van der Waals surface area contributed by atoms with Crippen LogP contribution in [0.3, 0.4) is 0 Å². The Morgan fingerprint density at radius 3 is 0.457 bits per heavy atom. The van der Waals surface area contributed by atoms with Gasteiger partial charge < -0.3 is 115 Å². The second-order valence-electron chi connectivity index (χ2n) is 38.2. The van der Waals surface area contributed by atoms with Gasteiger partial charge in [0.15, 0.2) is 0 Å². The van der Waals surface area contributed by atoms with Crippen LogP contribution in [-0.2, 0) is 239 Å². The minimum absolute atomic E-state index is 0. The van der Waals surface area contributed by atoms with Crippen LogP contribution in [0.2, 0.25) is 0 Å². The fraction of sp³-hybridized carbons (Fsp3) is 0.422. The molecule has 2 nitrogen and oxygen atoms in total. The third-order valence-corrected chi connectivity index (χ3v) is 43.8. The van der Waals surface area contributed by atoms with Gasteiger partial charge in [0, 0.05) is 100.0 Å². The second-order valence-corrected chi connectivity index (χ2v) is 56.7. The first kappa shape index (κ1) is 165. The smallest absolute Gasteiger partial charge is 0.858 e. The van der Waals surface area contributed by atoms with E-state index < -0.39 is 15.8 Å². The molecule has 140 heavy (non-hydrogen) atoms. The minimum Gasteiger partial charge on any atom is -0.858 e. The predicted octanol–water partition coefficient (Wildman–Crippen LogP) is 30.4. The van der Waals surface area contributed by atoms with Crippen molar-refractivity contribution in [2.45, 2.75) is 202 Å². The van der Waals surface area contributed by atoms with Gasteiger partial charge in [0.25, 0.3) is 0 Å². The Morgan fingerprint density at radius 2 is 0.357 bits per heavy atom. The van der Waals surface area contributed by atoms with E-state index in [9.17, 15) is 0 Å². The van der Waals surface area contributed by atoms with Gasteiger partial charge in [-0.1, -0.05) is 307 Å². The summed E-state index contributed by atoms with van der Waals surface area (Å²) < 4.78 is 0. The molecule has 0 spiro atoms. The molecule has 10 aromatic rings. The van der Waals surface area contributed by atoms with Gasteiger partial charge in [-0.15, -0.1) is 64.4 Å². The van der Waals surface area contributed by atoms with E-state index in [0.29, 0.717) is 0 Å². The number of thiol groups is 2. The molecule has 0 aliphatic rings. The van der Waals surface area contributed by atoms with Crippen molar-refractivity contribution in [3.8, 4) is 6.07 Å². The minimum atomic E-state index is -1.01. The zero-order valence-electron chi connectivity index (χ0n) is 88.1. The first-order chi connectivity index (χ1) is 61.4. The first-order valence-electron chi connectivity index (χ1n) is 47.2. The Hall–Kier alpha value is -0.534. The van der Waals surface area contributed by atoms with Crippen molar-refractivity contribution in [3.63, 3.8) is 0 Å². The molecule has 0 N–H and O–H groups in total. The van der Waals surface area contributed by atoms with Crippen LogP contribution in [0.5, 0.6) is 0 Å². The average molecular weight is 2550 g/mol. The molecule has 0 bridgehead atoms. The van der Waals surface area contributed by atoms with Gasteiger partial charge in [0.1, 0.15) is 21.2 Å². The Kier molecular flexibility index (Phi) is 121. The molecule has 10 aromatic carbocycles. The zero-order chi connectivity index (χ0) is 98.6. The molecule has 24 heteroatoms. The summed E-state index contributed by atoms with van der Waals surface area (Å²) in [4.78, 5) is 5.29. The van der Waals surface area contributed by atoms with Crippen LogP contribution in [0, 0.1) is 117 Å². The van der Waals surface area contributed by atoms with Crippen LogP contribution in [-0.4, -0.2) is 80.2 Å². The second kappa shape index (κ2) is 103. The van der Waals surface area contributed by atoms with Gasteiger partial charge in [0.2, 0.25) is 0 Å². The number of nitriles is 1. The van der Waals surface area contributed by atoms with Crippen LogP contribution < -0.4 is 31.8 Å². The van der Waals surface area contributed by atoms with E-state index in [2.05, 4.69) is 346 Å². The van der Waals surface area contributed by atoms with E-state index >= 15 is 0 Å². The molecule has 0 aliphatic heterocycles. The third-order valence-electron chi connectivity index (χ3n) is 18.8. The zero-order valence-corrected chi connectivity index (χ0v) is 108. The van der Waals surface area contributed by atoms with E-state index in [0.717, 1.165) is 129 Å². The maximum absolute atomic E-state index is 7.44. The molecule has 0 saturated heterocycles. The van der Waals surface area contributed by atoms with Crippen LogP contribution in [0.25, 0.3) is 5.41 Å². The summed E-state index contributed by atoms with van der Waals surface area (Å²) in [6.45, 7) is 76.0. The average Bonchev–Trinajstić information content (AvgIpc) is 0.810. The Morgan fingerprint density at radius 1 is 0.250 bits per heavy atom. The molecule has 0 heterocycles. The summed E-state index contributed by atoms with van der Waals surface area (Å²) >= 11 is 30.7.